The highest BCUT2D eigenvalue weighted by Gasteiger charge is 2.21. The number of rotatable bonds is 7. The molecule has 152 valence electrons. The molecule has 0 bridgehead atoms. The summed E-state index contributed by atoms with van der Waals surface area (Å²) in [5.74, 6) is -0.981. The van der Waals surface area contributed by atoms with Crippen LogP contribution in [0.4, 0.5) is 15.2 Å². The first kappa shape index (κ1) is 21.2. The van der Waals surface area contributed by atoms with E-state index in [-0.39, 0.29) is 18.1 Å². The van der Waals surface area contributed by atoms with Crippen LogP contribution in [0.2, 0.25) is 0 Å². The van der Waals surface area contributed by atoms with E-state index >= 15 is 0 Å². The largest absolute Gasteiger partial charge is 0.296 e. The summed E-state index contributed by atoms with van der Waals surface area (Å²) in [5.41, 5.74) is 0.958. The van der Waals surface area contributed by atoms with Gasteiger partial charge >= 0.3 is 0 Å². The highest BCUT2D eigenvalue weighted by molar-refractivity contribution is 8.00. The Kier molecular flexibility index (Phi) is 6.50. The predicted octanol–water partition coefficient (Wildman–Crippen LogP) is 3.62. The third-order valence-electron chi connectivity index (χ3n) is 3.87. The minimum atomic E-state index is -3.71. The van der Waals surface area contributed by atoms with E-state index < -0.39 is 15.8 Å². The summed E-state index contributed by atoms with van der Waals surface area (Å²) in [4.78, 5) is 12.3. The number of hydrogen-bond donors (Lipinski definition) is 1. The van der Waals surface area contributed by atoms with Gasteiger partial charge < -0.3 is 0 Å². The molecule has 1 N–H and O–H groups in total. The van der Waals surface area contributed by atoms with E-state index in [9.17, 15) is 17.6 Å². The second-order valence-electron chi connectivity index (χ2n) is 5.95. The third-order valence-corrected chi connectivity index (χ3v) is 6.81. The van der Waals surface area contributed by atoms with Gasteiger partial charge in [0.05, 0.1) is 18.5 Å². The van der Waals surface area contributed by atoms with Crippen LogP contribution in [-0.4, -0.2) is 37.0 Å². The van der Waals surface area contributed by atoms with E-state index in [4.69, 9.17) is 0 Å². The Bertz CT molecular complexity index is 1120. The first-order valence-corrected chi connectivity index (χ1v) is 12.2. The van der Waals surface area contributed by atoms with Gasteiger partial charge in [-0.3, -0.25) is 14.4 Å². The maximum atomic E-state index is 14.1. The summed E-state index contributed by atoms with van der Waals surface area (Å²) >= 11 is 2.70. The maximum absolute atomic E-state index is 14.1. The minimum absolute atomic E-state index is 0.0299. The van der Waals surface area contributed by atoms with Crippen LogP contribution in [0.15, 0.2) is 52.9 Å². The van der Waals surface area contributed by atoms with E-state index in [0.717, 1.165) is 14.9 Å². The first-order chi connectivity index (χ1) is 13.8. The van der Waals surface area contributed by atoms with Crippen molar-refractivity contribution < 1.29 is 17.6 Å². The van der Waals surface area contributed by atoms with Crippen LogP contribution in [0.5, 0.6) is 0 Å². The van der Waals surface area contributed by atoms with Crippen LogP contribution >= 0.6 is 23.1 Å². The maximum Gasteiger partial charge on any atom is 0.257 e. The SMILES string of the molecule is CSc1nnc(NC(=O)c2ccc(CN(c3ccccc3F)S(C)(=O)=O)cc2)s1. The third kappa shape index (κ3) is 5.31. The van der Waals surface area contributed by atoms with Gasteiger partial charge in [-0.2, -0.15) is 0 Å². The summed E-state index contributed by atoms with van der Waals surface area (Å²) in [7, 11) is -3.71. The molecule has 1 heterocycles. The number of nitrogens with one attached hydrogen (secondary N) is 1. The normalized spacial score (nSPS) is 11.3. The molecule has 0 saturated heterocycles. The van der Waals surface area contributed by atoms with Crippen molar-refractivity contribution >= 4 is 49.8 Å². The highest BCUT2D eigenvalue weighted by Crippen LogP contribution is 2.25. The number of benzene rings is 2. The van der Waals surface area contributed by atoms with Gasteiger partial charge in [0.1, 0.15) is 5.82 Å². The Morgan fingerprint density at radius 3 is 2.45 bits per heavy atom. The Morgan fingerprint density at radius 2 is 1.86 bits per heavy atom. The Balaban J connectivity index is 1.76. The number of sulfonamides is 1. The molecule has 1 aromatic heterocycles. The van der Waals surface area contributed by atoms with E-state index in [1.54, 1.807) is 30.3 Å². The van der Waals surface area contributed by atoms with Crippen molar-refractivity contribution in [2.75, 3.05) is 22.1 Å². The molecular formula is C18H17FN4O3S3. The van der Waals surface area contributed by atoms with Gasteiger partial charge in [-0.25, -0.2) is 12.8 Å². The molecule has 0 fully saturated rings. The van der Waals surface area contributed by atoms with E-state index in [1.807, 2.05) is 6.26 Å². The summed E-state index contributed by atoms with van der Waals surface area (Å²) in [6.07, 6.45) is 2.89. The zero-order chi connectivity index (χ0) is 21.0. The lowest BCUT2D eigenvalue weighted by Crippen LogP contribution is -2.30. The van der Waals surface area contributed by atoms with Crippen LogP contribution in [-0.2, 0) is 16.6 Å². The molecule has 0 aliphatic carbocycles. The first-order valence-electron chi connectivity index (χ1n) is 8.28. The van der Waals surface area contributed by atoms with Crippen molar-refractivity contribution in [3.05, 3.63) is 65.5 Å². The lowest BCUT2D eigenvalue weighted by atomic mass is 10.1. The Labute approximate surface area is 176 Å². The monoisotopic (exact) mass is 452 g/mol. The molecule has 1 amide bonds. The number of nitrogens with zero attached hydrogens (tertiary/aromatic N) is 3. The van der Waals surface area contributed by atoms with Crippen LogP contribution in [0, 0.1) is 5.82 Å². The number of halogens is 1. The van der Waals surface area contributed by atoms with Crippen molar-refractivity contribution in [1.82, 2.24) is 10.2 Å². The van der Waals surface area contributed by atoms with Gasteiger partial charge in [-0.15, -0.1) is 10.2 Å². The molecule has 0 saturated carbocycles. The molecular weight excluding hydrogens is 435 g/mol. The fourth-order valence-electron chi connectivity index (χ4n) is 2.47. The number of hydrogen-bond acceptors (Lipinski definition) is 7. The number of carbonyl (C=O) groups is 1. The second-order valence-corrected chi connectivity index (χ2v) is 9.89. The predicted molar refractivity (Wildman–Crippen MR) is 114 cm³/mol. The molecule has 2 aromatic carbocycles. The summed E-state index contributed by atoms with van der Waals surface area (Å²) in [6.45, 7) is -0.0604. The topological polar surface area (TPSA) is 92.3 Å². The number of anilines is 2. The second kappa shape index (κ2) is 8.89. The zero-order valence-electron chi connectivity index (χ0n) is 15.5. The smallest absolute Gasteiger partial charge is 0.257 e. The zero-order valence-corrected chi connectivity index (χ0v) is 17.9. The van der Waals surface area contributed by atoms with Crippen LogP contribution in [0.3, 0.4) is 0 Å². The molecule has 11 heteroatoms. The van der Waals surface area contributed by atoms with Crippen molar-refractivity contribution in [2.24, 2.45) is 0 Å². The molecule has 0 unspecified atom stereocenters. The van der Waals surface area contributed by atoms with Crippen LogP contribution in [0.25, 0.3) is 0 Å². The number of thioether (sulfide) groups is 1. The molecule has 0 aliphatic heterocycles. The molecule has 29 heavy (non-hydrogen) atoms. The van der Waals surface area contributed by atoms with E-state index in [0.29, 0.717) is 16.3 Å². The van der Waals surface area contributed by atoms with Crippen molar-refractivity contribution in [2.45, 2.75) is 10.9 Å². The average Bonchev–Trinajstić information content (AvgIpc) is 3.14. The molecule has 0 radical (unpaired) electrons. The Hall–Kier alpha value is -2.50. The van der Waals surface area contributed by atoms with Gasteiger partial charge in [-0.05, 0) is 36.1 Å². The molecule has 7 nitrogen and oxygen atoms in total. The number of carbonyl (C=O) groups excluding carboxylic acids is 1. The molecule has 0 aliphatic rings. The van der Waals surface area contributed by atoms with Gasteiger partial charge in [-0.1, -0.05) is 47.4 Å². The van der Waals surface area contributed by atoms with Crippen molar-refractivity contribution in [3.63, 3.8) is 0 Å². The van der Waals surface area contributed by atoms with Crippen molar-refractivity contribution in [3.8, 4) is 0 Å². The fraction of sp³-hybridized carbons (Fsp3) is 0.167. The fourth-order valence-corrected chi connectivity index (χ4v) is 4.53. The summed E-state index contributed by atoms with van der Waals surface area (Å²) in [5, 5.41) is 10.9. The van der Waals surface area contributed by atoms with Crippen molar-refractivity contribution in [1.29, 1.82) is 0 Å². The van der Waals surface area contributed by atoms with Crippen LogP contribution in [0.1, 0.15) is 15.9 Å². The highest BCUT2D eigenvalue weighted by atomic mass is 32.2. The number of aromatic nitrogens is 2. The van der Waals surface area contributed by atoms with Gasteiger partial charge in [0, 0.05) is 5.56 Å². The number of para-hydroxylation sites is 1. The number of amides is 1. The molecule has 3 aromatic rings. The average molecular weight is 453 g/mol. The molecule has 0 spiro atoms. The Morgan fingerprint density at radius 1 is 1.17 bits per heavy atom. The van der Waals surface area contributed by atoms with E-state index in [2.05, 4.69) is 15.5 Å². The lowest BCUT2D eigenvalue weighted by molar-refractivity contribution is 0.102. The quantitative estimate of drug-likeness (QED) is 0.435. The van der Waals surface area contributed by atoms with Gasteiger partial charge in [0.15, 0.2) is 4.34 Å². The minimum Gasteiger partial charge on any atom is -0.296 e. The lowest BCUT2D eigenvalue weighted by Gasteiger charge is -2.23. The standard InChI is InChI=1S/C18H17FN4O3S3/c1-27-18-22-21-17(28-18)20-16(24)13-9-7-12(8-10-13)11-23(29(2,25)26)15-6-4-3-5-14(15)19/h3-10H,11H2,1-2H3,(H,20,21,24). The van der Waals surface area contributed by atoms with E-state index in [1.165, 1.54) is 41.3 Å². The van der Waals surface area contributed by atoms with Gasteiger partial charge in [0.25, 0.3) is 5.91 Å². The molecule has 3 rings (SSSR count). The van der Waals surface area contributed by atoms with Gasteiger partial charge in [0.2, 0.25) is 15.2 Å². The summed E-state index contributed by atoms with van der Waals surface area (Å²) < 4.78 is 40.2. The molecule has 0 atom stereocenters. The summed E-state index contributed by atoms with van der Waals surface area (Å²) in [6, 6.07) is 12.1. The van der Waals surface area contributed by atoms with Crippen LogP contribution < -0.4 is 9.62 Å².